The number of benzene rings is 2. The Kier molecular flexibility index (Phi) is 7.38. The Morgan fingerprint density at radius 2 is 1.66 bits per heavy atom. The van der Waals surface area contributed by atoms with E-state index in [0.717, 1.165) is 38.3 Å². The first-order chi connectivity index (χ1) is 14.0. The van der Waals surface area contributed by atoms with E-state index in [9.17, 15) is 9.59 Å². The minimum Gasteiger partial charge on any atom is -0.465 e. The highest BCUT2D eigenvalue weighted by Gasteiger charge is 2.19. The first kappa shape index (κ1) is 21.0. The largest absolute Gasteiger partial charge is 0.465 e. The molecule has 1 aliphatic heterocycles. The number of hydrogen-bond donors (Lipinski definition) is 1. The van der Waals surface area contributed by atoms with E-state index in [1.807, 2.05) is 12.1 Å². The number of esters is 1. The molecule has 6 nitrogen and oxygen atoms in total. The molecule has 1 fully saturated rings. The fourth-order valence-electron chi connectivity index (χ4n) is 3.51. The number of carbonyl (C=O) groups excluding carboxylic acids is 2. The van der Waals surface area contributed by atoms with Crippen molar-refractivity contribution in [3.8, 4) is 0 Å². The number of carbonyl (C=O) groups is 2. The molecule has 0 radical (unpaired) electrons. The van der Waals surface area contributed by atoms with Crippen LogP contribution in [-0.4, -0.2) is 61.5 Å². The van der Waals surface area contributed by atoms with Crippen LogP contribution in [0.5, 0.6) is 0 Å². The lowest BCUT2D eigenvalue weighted by Crippen LogP contribution is -2.49. The van der Waals surface area contributed by atoms with Crippen LogP contribution >= 0.6 is 0 Å². The third-order valence-electron chi connectivity index (χ3n) is 5.19. The van der Waals surface area contributed by atoms with E-state index >= 15 is 0 Å². The van der Waals surface area contributed by atoms with Gasteiger partial charge in [-0.25, -0.2) is 4.79 Å². The first-order valence-corrected chi connectivity index (χ1v) is 9.97. The molecule has 154 valence electrons. The van der Waals surface area contributed by atoms with E-state index in [2.05, 4.69) is 51.0 Å². The molecule has 0 atom stereocenters. The van der Waals surface area contributed by atoms with Gasteiger partial charge in [0, 0.05) is 39.3 Å². The highest BCUT2D eigenvalue weighted by Crippen LogP contribution is 2.10. The van der Waals surface area contributed by atoms with Crippen molar-refractivity contribution in [1.29, 1.82) is 0 Å². The van der Waals surface area contributed by atoms with Crippen LogP contribution < -0.4 is 5.32 Å². The smallest absolute Gasteiger partial charge is 0.337 e. The van der Waals surface area contributed by atoms with Crippen molar-refractivity contribution in [1.82, 2.24) is 15.1 Å². The molecule has 0 aromatic heterocycles. The number of nitrogens with one attached hydrogen (secondary N) is 1. The van der Waals surface area contributed by atoms with Gasteiger partial charge in [0.25, 0.3) is 0 Å². The summed E-state index contributed by atoms with van der Waals surface area (Å²) in [7, 11) is 1.36. The summed E-state index contributed by atoms with van der Waals surface area (Å²) >= 11 is 0. The van der Waals surface area contributed by atoms with Crippen LogP contribution in [0.15, 0.2) is 48.5 Å². The molecule has 0 spiro atoms. The highest BCUT2D eigenvalue weighted by molar-refractivity contribution is 5.89. The molecule has 1 heterocycles. The van der Waals surface area contributed by atoms with Gasteiger partial charge in [0.1, 0.15) is 0 Å². The molecule has 1 amide bonds. The van der Waals surface area contributed by atoms with Gasteiger partial charge in [-0.1, -0.05) is 42.0 Å². The van der Waals surface area contributed by atoms with Crippen molar-refractivity contribution in [2.24, 2.45) is 0 Å². The Morgan fingerprint density at radius 3 is 2.31 bits per heavy atom. The van der Waals surface area contributed by atoms with Crippen LogP contribution in [0.4, 0.5) is 0 Å². The number of aryl methyl sites for hydroxylation is 1. The predicted octanol–water partition coefficient (Wildman–Crippen LogP) is 2.22. The minimum atomic E-state index is -0.359. The number of nitrogens with zero attached hydrogens (tertiary/aromatic N) is 2. The van der Waals surface area contributed by atoms with Gasteiger partial charge in [0.2, 0.25) is 5.91 Å². The lowest BCUT2D eigenvalue weighted by molar-refractivity contribution is -0.122. The average Bonchev–Trinajstić information content (AvgIpc) is 2.73. The quantitative estimate of drug-likeness (QED) is 0.729. The van der Waals surface area contributed by atoms with Crippen molar-refractivity contribution >= 4 is 11.9 Å². The van der Waals surface area contributed by atoms with E-state index in [1.165, 1.54) is 18.2 Å². The molecule has 1 aliphatic rings. The van der Waals surface area contributed by atoms with Crippen molar-refractivity contribution in [2.45, 2.75) is 20.0 Å². The van der Waals surface area contributed by atoms with Gasteiger partial charge in [-0.05, 0) is 30.2 Å². The van der Waals surface area contributed by atoms with Crippen molar-refractivity contribution in [3.63, 3.8) is 0 Å². The van der Waals surface area contributed by atoms with Crippen molar-refractivity contribution < 1.29 is 14.3 Å². The fourth-order valence-corrected chi connectivity index (χ4v) is 3.51. The Hall–Kier alpha value is -2.70. The summed E-state index contributed by atoms with van der Waals surface area (Å²) in [6.45, 7) is 7.68. The van der Waals surface area contributed by atoms with Crippen LogP contribution in [0.2, 0.25) is 0 Å². The number of amides is 1. The Bertz CT molecular complexity index is 828. The van der Waals surface area contributed by atoms with Gasteiger partial charge in [0.05, 0.1) is 19.2 Å². The number of rotatable bonds is 7. The summed E-state index contributed by atoms with van der Waals surface area (Å²) in [6, 6.07) is 15.7. The summed E-state index contributed by atoms with van der Waals surface area (Å²) < 4.78 is 4.69. The van der Waals surface area contributed by atoms with Crippen LogP contribution in [0.1, 0.15) is 27.0 Å². The molecule has 1 N–H and O–H groups in total. The van der Waals surface area contributed by atoms with Gasteiger partial charge in [-0.3, -0.25) is 14.6 Å². The molecular formula is C23H29N3O3. The number of methoxy groups -OCH3 is 1. The molecule has 2 aromatic carbocycles. The molecule has 0 aliphatic carbocycles. The summed E-state index contributed by atoms with van der Waals surface area (Å²) in [6.07, 6.45) is 0. The lowest BCUT2D eigenvalue weighted by Gasteiger charge is -2.34. The first-order valence-electron chi connectivity index (χ1n) is 9.97. The highest BCUT2D eigenvalue weighted by atomic mass is 16.5. The lowest BCUT2D eigenvalue weighted by atomic mass is 10.1. The molecule has 1 saturated heterocycles. The summed E-state index contributed by atoms with van der Waals surface area (Å²) in [5, 5.41) is 2.96. The average molecular weight is 396 g/mol. The molecule has 0 saturated carbocycles. The number of hydrogen-bond acceptors (Lipinski definition) is 5. The summed E-state index contributed by atoms with van der Waals surface area (Å²) in [4.78, 5) is 28.4. The van der Waals surface area contributed by atoms with E-state index in [0.29, 0.717) is 18.7 Å². The third kappa shape index (κ3) is 6.41. The van der Waals surface area contributed by atoms with Gasteiger partial charge >= 0.3 is 5.97 Å². The molecule has 0 unspecified atom stereocenters. The second-order valence-electron chi connectivity index (χ2n) is 7.51. The van der Waals surface area contributed by atoms with E-state index in [-0.39, 0.29) is 11.9 Å². The standard InChI is InChI=1S/C23H29N3O3/c1-18-4-3-5-20(14-18)16-25-10-12-26(13-11-25)17-22(27)24-15-19-6-8-21(9-7-19)23(28)29-2/h3-9,14H,10-13,15-17H2,1-2H3,(H,24,27). The van der Waals surface area contributed by atoms with Crippen LogP contribution in [0, 0.1) is 6.92 Å². The molecule has 2 aromatic rings. The molecule has 0 bridgehead atoms. The van der Waals surface area contributed by atoms with E-state index < -0.39 is 0 Å². The molecule has 3 rings (SSSR count). The number of ether oxygens (including phenoxy) is 1. The maximum absolute atomic E-state index is 12.3. The van der Waals surface area contributed by atoms with Gasteiger partial charge < -0.3 is 10.1 Å². The van der Waals surface area contributed by atoms with Gasteiger partial charge in [-0.2, -0.15) is 0 Å². The zero-order valence-corrected chi connectivity index (χ0v) is 17.2. The summed E-state index contributed by atoms with van der Waals surface area (Å²) in [5.41, 5.74) is 4.09. The third-order valence-corrected chi connectivity index (χ3v) is 5.19. The topological polar surface area (TPSA) is 61.9 Å². The maximum Gasteiger partial charge on any atom is 0.337 e. The van der Waals surface area contributed by atoms with Gasteiger partial charge in [-0.15, -0.1) is 0 Å². The normalized spacial score (nSPS) is 15.1. The van der Waals surface area contributed by atoms with Crippen LogP contribution in [0.3, 0.4) is 0 Å². The molecule has 29 heavy (non-hydrogen) atoms. The SMILES string of the molecule is COC(=O)c1ccc(CNC(=O)CN2CCN(Cc3cccc(C)c3)CC2)cc1. The fraction of sp³-hybridized carbons (Fsp3) is 0.391. The van der Waals surface area contributed by atoms with Crippen molar-refractivity contribution in [2.75, 3.05) is 39.8 Å². The minimum absolute atomic E-state index is 0.0224. The second-order valence-corrected chi connectivity index (χ2v) is 7.51. The van der Waals surface area contributed by atoms with Crippen LogP contribution in [0.25, 0.3) is 0 Å². The second kappa shape index (κ2) is 10.2. The predicted molar refractivity (Wildman–Crippen MR) is 113 cm³/mol. The van der Waals surface area contributed by atoms with Crippen LogP contribution in [-0.2, 0) is 22.6 Å². The Labute approximate surface area is 172 Å². The monoisotopic (exact) mass is 395 g/mol. The van der Waals surface area contributed by atoms with Gasteiger partial charge in [0.15, 0.2) is 0 Å². The van der Waals surface area contributed by atoms with E-state index in [1.54, 1.807) is 12.1 Å². The summed E-state index contributed by atoms with van der Waals surface area (Å²) in [5.74, 6) is -0.337. The van der Waals surface area contributed by atoms with E-state index in [4.69, 9.17) is 0 Å². The van der Waals surface area contributed by atoms with Crippen molar-refractivity contribution in [3.05, 3.63) is 70.8 Å². The number of piperazine rings is 1. The zero-order chi connectivity index (χ0) is 20.6. The Morgan fingerprint density at radius 1 is 0.966 bits per heavy atom. The zero-order valence-electron chi connectivity index (χ0n) is 17.2. The maximum atomic E-state index is 12.3. The molecule has 6 heteroatoms. The molecular weight excluding hydrogens is 366 g/mol. The Balaban J connectivity index is 1.38.